The lowest BCUT2D eigenvalue weighted by Crippen LogP contribution is -2.35. The van der Waals surface area contributed by atoms with Crippen molar-refractivity contribution in [2.24, 2.45) is 0 Å². The third kappa shape index (κ3) is 1.86. The number of aromatic nitrogens is 1. The SMILES string of the molecule is Cc1cc(N)ncc1C1COCCN1. The summed E-state index contributed by atoms with van der Waals surface area (Å²) >= 11 is 0. The van der Waals surface area contributed by atoms with Gasteiger partial charge in [0.05, 0.1) is 19.3 Å². The van der Waals surface area contributed by atoms with E-state index >= 15 is 0 Å². The van der Waals surface area contributed by atoms with Gasteiger partial charge in [-0.25, -0.2) is 4.98 Å². The van der Waals surface area contributed by atoms with Crippen LogP contribution in [0.5, 0.6) is 0 Å². The van der Waals surface area contributed by atoms with E-state index in [0.29, 0.717) is 12.4 Å². The van der Waals surface area contributed by atoms with Gasteiger partial charge in [-0.05, 0) is 24.1 Å². The van der Waals surface area contributed by atoms with E-state index < -0.39 is 0 Å². The third-order valence-electron chi connectivity index (χ3n) is 2.47. The van der Waals surface area contributed by atoms with Crippen LogP contribution in [0.15, 0.2) is 12.3 Å². The molecule has 4 heteroatoms. The number of hydrogen-bond acceptors (Lipinski definition) is 4. The molecule has 1 unspecified atom stereocenters. The summed E-state index contributed by atoms with van der Waals surface area (Å²) in [4.78, 5) is 4.10. The smallest absolute Gasteiger partial charge is 0.123 e. The fourth-order valence-electron chi connectivity index (χ4n) is 1.72. The average molecular weight is 193 g/mol. The molecule has 1 atom stereocenters. The molecule has 2 rings (SSSR count). The number of hydrogen-bond donors (Lipinski definition) is 2. The molecule has 0 amide bonds. The Balaban J connectivity index is 2.22. The summed E-state index contributed by atoms with van der Waals surface area (Å²) in [7, 11) is 0. The minimum absolute atomic E-state index is 0.261. The van der Waals surface area contributed by atoms with Crippen LogP contribution < -0.4 is 11.1 Å². The molecule has 1 aliphatic rings. The van der Waals surface area contributed by atoms with Crippen molar-refractivity contribution in [2.75, 3.05) is 25.5 Å². The summed E-state index contributed by atoms with van der Waals surface area (Å²) in [6.07, 6.45) is 1.83. The van der Waals surface area contributed by atoms with E-state index in [1.807, 2.05) is 19.2 Å². The van der Waals surface area contributed by atoms with Crippen LogP contribution >= 0.6 is 0 Å². The Bertz CT molecular complexity index is 321. The summed E-state index contributed by atoms with van der Waals surface area (Å²) in [5, 5.41) is 3.39. The van der Waals surface area contributed by atoms with Crippen LogP contribution in [0.1, 0.15) is 17.2 Å². The van der Waals surface area contributed by atoms with Crippen LogP contribution in [0.25, 0.3) is 0 Å². The number of pyridine rings is 1. The molecule has 4 nitrogen and oxygen atoms in total. The normalized spacial score (nSPS) is 22.2. The first-order valence-electron chi connectivity index (χ1n) is 4.80. The van der Waals surface area contributed by atoms with Crippen LogP contribution in [0.3, 0.4) is 0 Å². The Labute approximate surface area is 83.5 Å². The highest BCUT2D eigenvalue weighted by molar-refractivity contribution is 5.37. The predicted octanol–water partition coefficient (Wildman–Crippen LogP) is 0.633. The molecule has 2 heterocycles. The zero-order valence-corrected chi connectivity index (χ0v) is 8.29. The molecule has 1 aliphatic heterocycles. The van der Waals surface area contributed by atoms with Crippen molar-refractivity contribution in [3.05, 3.63) is 23.4 Å². The second kappa shape index (κ2) is 3.94. The maximum Gasteiger partial charge on any atom is 0.123 e. The number of nitrogens with one attached hydrogen (secondary N) is 1. The molecule has 1 saturated heterocycles. The lowest BCUT2D eigenvalue weighted by molar-refractivity contribution is 0.0766. The number of nitrogen functional groups attached to an aromatic ring is 1. The highest BCUT2D eigenvalue weighted by atomic mass is 16.5. The molecule has 14 heavy (non-hydrogen) atoms. The van der Waals surface area contributed by atoms with E-state index in [0.717, 1.165) is 13.2 Å². The van der Waals surface area contributed by atoms with Gasteiger partial charge < -0.3 is 15.8 Å². The molecule has 1 aromatic rings. The molecule has 0 bridgehead atoms. The summed E-state index contributed by atoms with van der Waals surface area (Å²) in [6.45, 7) is 4.45. The maximum absolute atomic E-state index is 5.59. The van der Waals surface area contributed by atoms with Crippen LogP contribution in [0.4, 0.5) is 5.82 Å². The van der Waals surface area contributed by atoms with E-state index in [2.05, 4.69) is 10.3 Å². The summed E-state index contributed by atoms with van der Waals surface area (Å²) in [5.41, 5.74) is 7.94. The number of rotatable bonds is 1. The Morgan fingerprint density at radius 3 is 3.14 bits per heavy atom. The van der Waals surface area contributed by atoms with E-state index in [4.69, 9.17) is 10.5 Å². The van der Waals surface area contributed by atoms with Crippen LogP contribution in [0.2, 0.25) is 0 Å². The van der Waals surface area contributed by atoms with E-state index in [1.165, 1.54) is 11.1 Å². The van der Waals surface area contributed by atoms with Gasteiger partial charge in [-0.3, -0.25) is 0 Å². The monoisotopic (exact) mass is 193 g/mol. The molecule has 3 N–H and O–H groups in total. The lowest BCUT2D eigenvalue weighted by atomic mass is 10.0. The van der Waals surface area contributed by atoms with Crippen molar-refractivity contribution >= 4 is 5.82 Å². The Morgan fingerprint density at radius 1 is 1.64 bits per heavy atom. The number of morpholine rings is 1. The van der Waals surface area contributed by atoms with Crippen molar-refractivity contribution in [3.8, 4) is 0 Å². The third-order valence-corrected chi connectivity index (χ3v) is 2.47. The van der Waals surface area contributed by atoms with Gasteiger partial charge in [0.2, 0.25) is 0 Å². The summed E-state index contributed by atoms with van der Waals surface area (Å²) < 4.78 is 5.40. The zero-order valence-electron chi connectivity index (χ0n) is 8.29. The van der Waals surface area contributed by atoms with Gasteiger partial charge in [0, 0.05) is 12.7 Å². The van der Waals surface area contributed by atoms with Crippen molar-refractivity contribution < 1.29 is 4.74 Å². The van der Waals surface area contributed by atoms with Gasteiger partial charge in [0.25, 0.3) is 0 Å². The van der Waals surface area contributed by atoms with Crippen molar-refractivity contribution in [3.63, 3.8) is 0 Å². The molecule has 0 aliphatic carbocycles. The number of nitrogens with two attached hydrogens (primary N) is 1. The van der Waals surface area contributed by atoms with Gasteiger partial charge in [-0.1, -0.05) is 0 Å². The van der Waals surface area contributed by atoms with Crippen molar-refractivity contribution in [1.82, 2.24) is 10.3 Å². The zero-order chi connectivity index (χ0) is 9.97. The average Bonchev–Trinajstić information content (AvgIpc) is 2.19. The molecular weight excluding hydrogens is 178 g/mol. The fourth-order valence-corrected chi connectivity index (χ4v) is 1.72. The number of anilines is 1. The number of nitrogens with zero attached hydrogens (tertiary/aromatic N) is 1. The summed E-state index contributed by atoms with van der Waals surface area (Å²) in [5.74, 6) is 0.572. The molecule has 0 aromatic carbocycles. The molecule has 76 valence electrons. The second-order valence-electron chi connectivity index (χ2n) is 3.55. The van der Waals surface area contributed by atoms with Gasteiger partial charge in [-0.2, -0.15) is 0 Å². The van der Waals surface area contributed by atoms with Crippen molar-refractivity contribution in [1.29, 1.82) is 0 Å². The second-order valence-corrected chi connectivity index (χ2v) is 3.55. The summed E-state index contributed by atoms with van der Waals surface area (Å²) in [6, 6.07) is 2.16. The first-order chi connectivity index (χ1) is 6.77. The highest BCUT2D eigenvalue weighted by Crippen LogP contribution is 2.19. The molecule has 0 spiro atoms. The predicted molar refractivity (Wildman–Crippen MR) is 54.9 cm³/mol. The molecule has 0 saturated carbocycles. The molecule has 1 aromatic heterocycles. The number of aryl methyl sites for hydroxylation is 1. The minimum Gasteiger partial charge on any atom is -0.384 e. The lowest BCUT2D eigenvalue weighted by Gasteiger charge is -2.25. The minimum atomic E-state index is 0.261. The Kier molecular flexibility index (Phi) is 2.65. The van der Waals surface area contributed by atoms with Gasteiger partial charge in [0.1, 0.15) is 5.82 Å². The maximum atomic E-state index is 5.59. The largest absolute Gasteiger partial charge is 0.384 e. The molecular formula is C10H15N3O. The fraction of sp³-hybridized carbons (Fsp3) is 0.500. The van der Waals surface area contributed by atoms with Crippen LogP contribution in [-0.2, 0) is 4.74 Å². The van der Waals surface area contributed by atoms with Crippen molar-refractivity contribution in [2.45, 2.75) is 13.0 Å². The standard InChI is InChI=1S/C10H15N3O/c1-7-4-10(11)13-5-8(7)9-6-14-3-2-12-9/h4-5,9,12H,2-3,6H2,1H3,(H2,11,13). The van der Waals surface area contributed by atoms with E-state index in [9.17, 15) is 0 Å². The van der Waals surface area contributed by atoms with Gasteiger partial charge in [-0.15, -0.1) is 0 Å². The van der Waals surface area contributed by atoms with E-state index in [1.54, 1.807) is 0 Å². The Hall–Kier alpha value is -1.13. The Morgan fingerprint density at radius 2 is 2.50 bits per heavy atom. The topological polar surface area (TPSA) is 60.2 Å². The van der Waals surface area contributed by atoms with E-state index in [-0.39, 0.29) is 6.04 Å². The number of ether oxygens (including phenoxy) is 1. The quantitative estimate of drug-likeness (QED) is 0.687. The molecule has 0 radical (unpaired) electrons. The highest BCUT2D eigenvalue weighted by Gasteiger charge is 2.17. The van der Waals surface area contributed by atoms with Gasteiger partial charge in [0.15, 0.2) is 0 Å². The first kappa shape index (κ1) is 9.43. The van der Waals surface area contributed by atoms with Crippen LogP contribution in [-0.4, -0.2) is 24.7 Å². The van der Waals surface area contributed by atoms with Gasteiger partial charge >= 0.3 is 0 Å². The molecule has 1 fully saturated rings. The first-order valence-corrected chi connectivity index (χ1v) is 4.80. The van der Waals surface area contributed by atoms with Crippen LogP contribution in [0, 0.1) is 6.92 Å².